The lowest BCUT2D eigenvalue weighted by atomic mass is 10.1. The van der Waals surface area contributed by atoms with E-state index in [4.69, 9.17) is 18.9 Å². The molecule has 0 bridgehead atoms. The van der Waals surface area contributed by atoms with E-state index in [1.165, 1.54) is 56.3 Å². The number of methoxy groups -OCH3 is 3. The Morgan fingerprint density at radius 1 is 0.816 bits per heavy atom. The van der Waals surface area contributed by atoms with Gasteiger partial charge < -0.3 is 18.9 Å². The SMILES string of the molecule is COc1ccc(-c2cc(C(=O)Oc3ccc(C=O)cc3OC)nn2-c2ccc(S(C)(=O)=O)cc2)cc1OC. The molecule has 0 amide bonds. The lowest BCUT2D eigenvalue weighted by molar-refractivity contribution is 0.0723. The van der Waals surface area contributed by atoms with E-state index < -0.39 is 15.8 Å². The minimum absolute atomic E-state index is 0.0245. The molecule has 4 rings (SSSR count). The molecule has 1 aromatic heterocycles. The number of aldehydes is 1. The van der Waals surface area contributed by atoms with Crippen LogP contribution < -0.4 is 18.9 Å². The van der Waals surface area contributed by atoms with Crippen molar-refractivity contribution in [2.24, 2.45) is 0 Å². The zero-order valence-corrected chi connectivity index (χ0v) is 21.8. The molecule has 0 fully saturated rings. The molecule has 196 valence electrons. The van der Waals surface area contributed by atoms with Crippen LogP contribution in [0.3, 0.4) is 0 Å². The predicted octanol–water partition coefficient (Wildman–Crippen LogP) is 4.00. The van der Waals surface area contributed by atoms with Gasteiger partial charge in [0.2, 0.25) is 0 Å². The summed E-state index contributed by atoms with van der Waals surface area (Å²) in [6.45, 7) is 0. The molecule has 4 aromatic rings. The third-order valence-corrected chi connectivity index (χ3v) is 6.76. The number of carbonyl (C=O) groups excluding carboxylic acids is 2. The van der Waals surface area contributed by atoms with Gasteiger partial charge in [-0.05, 0) is 66.7 Å². The molecule has 11 heteroatoms. The Balaban J connectivity index is 1.80. The summed E-state index contributed by atoms with van der Waals surface area (Å²) in [5.74, 6) is 0.539. The van der Waals surface area contributed by atoms with Crippen molar-refractivity contribution in [3.63, 3.8) is 0 Å². The standard InChI is InChI=1S/C27H24N2O8S/c1-34-23-12-6-18(14-26(23)36-3)22-15-21(27(31)37-24-11-5-17(16-30)13-25(24)35-2)28-29(22)19-7-9-20(10-8-19)38(4,32)33/h5-16H,1-4H3. The maximum absolute atomic E-state index is 13.1. The smallest absolute Gasteiger partial charge is 0.364 e. The first-order chi connectivity index (χ1) is 18.2. The molecule has 3 aromatic carbocycles. The van der Waals surface area contributed by atoms with Crippen LogP contribution in [0.2, 0.25) is 0 Å². The minimum Gasteiger partial charge on any atom is -0.493 e. The lowest BCUT2D eigenvalue weighted by Gasteiger charge is -2.11. The molecule has 0 spiro atoms. The maximum Gasteiger partial charge on any atom is 0.364 e. The van der Waals surface area contributed by atoms with Gasteiger partial charge in [0, 0.05) is 17.4 Å². The second kappa shape index (κ2) is 10.8. The van der Waals surface area contributed by atoms with Gasteiger partial charge in [0.05, 0.1) is 37.6 Å². The van der Waals surface area contributed by atoms with Crippen LogP contribution in [-0.4, -0.2) is 58.0 Å². The van der Waals surface area contributed by atoms with Crippen LogP contribution in [0.5, 0.6) is 23.0 Å². The van der Waals surface area contributed by atoms with Crippen molar-refractivity contribution >= 4 is 22.1 Å². The van der Waals surface area contributed by atoms with Crippen LogP contribution in [0.4, 0.5) is 0 Å². The van der Waals surface area contributed by atoms with Crippen LogP contribution in [0, 0.1) is 0 Å². The van der Waals surface area contributed by atoms with Crippen LogP contribution >= 0.6 is 0 Å². The molecule has 0 aliphatic heterocycles. The highest BCUT2D eigenvalue weighted by molar-refractivity contribution is 7.90. The fourth-order valence-corrected chi connectivity index (χ4v) is 4.34. The van der Waals surface area contributed by atoms with Gasteiger partial charge in [-0.2, -0.15) is 5.10 Å². The number of esters is 1. The summed E-state index contributed by atoms with van der Waals surface area (Å²) in [6.07, 6.45) is 1.77. The highest BCUT2D eigenvalue weighted by atomic mass is 32.2. The number of hydrogen-bond acceptors (Lipinski definition) is 9. The predicted molar refractivity (Wildman–Crippen MR) is 139 cm³/mol. The largest absolute Gasteiger partial charge is 0.493 e. The zero-order valence-electron chi connectivity index (χ0n) is 21.0. The Morgan fingerprint density at radius 3 is 2.05 bits per heavy atom. The number of carbonyl (C=O) groups is 2. The van der Waals surface area contributed by atoms with Crippen molar-refractivity contribution in [3.8, 4) is 39.9 Å². The maximum atomic E-state index is 13.1. The average molecular weight is 537 g/mol. The van der Waals surface area contributed by atoms with E-state index in [-0.39, 0.29) is 22.1 Å². The second-order valence-corrected chi connectivity index (χ2v) is 10.1. The van der Waals surface area contributed by atoms with Gasteiger partial charge in [-0.25, -0.2) is 17.9 Å². The molecule has 0 radical (unpaired) electrons. The van der Waals surface area contributed by atoms with Crippen molar-refractivity contribution in [2.75, 3.05) is 27.6 Å². The topological polar surface area (TPSA) is 123 Å². The van der Waals surface area contributed by atoms with Crippen molar-refractivity contribution in [2.45, 2.75) is 4.90 Å². The number of aromatic nitrogens is 2. The third kappa shape index (κ3) is 5.37. The van der Waals surface area contributed by atoms with Gasteiger partial charge in [0.15, 0.2) is 38.5 Å². The fraction of sp³-hybridized carbons (Fsp3) is 0.148. The normalized spacial score (nSPS) is 11.1. The molecule has 0 N–H and O–H groups in total. The van der Waals surface area contributed by atoms with Crippen LogP contribution in [0.25, 0.3) is 16.9 Å². The summed E-state index contributed by atoms with van der Waals surface area (Å²) >= 11 is 0. The van der Waals surface area contributed by atoms with Gasteiger partial charge in [0.1, 0.15) is 6.29 Å². The first kappa shape index (κ1) is 26.4. The van der Waals surface area contributed by atoms with Gasteiger partial charge in [0.25, 0.3) is 0 Å². The number of sulfone groups is 1. The summed E-state index contributed by atoms with van der Waals surface area (Å²) in [5, 5.41) is 4.46. The van der Waals surface area contributed by atoms with E-state index in [2.05, 4.69) is 5.10 Å². The van der Waals surface area contributed by atoms with E-state index in [9.17, 15) is 18.0 Å². The van der Waals surface area contributed by atoms with Crippen molar-refractivity contribution < 1.29 is 37.0 Å². The molecule has 38 heavy (non-hydrogen) atoms. The summed E-state index contributed by atoms with van der Waals surface area (Å²) < 4.78 is 46.9. The van der Waals surface area contributed by atoms with Crippen LogP contribution in [-0.2, 0) is 9.84 Å². The molecule has 0 aliphatic rings. The van der Waals surface area contributed by atoms with Gasteiger partial charge in [-0.3, -0.25) is 4.79 Å². The fourth-order valence-electron chi connectivity index (χ4n) is 3.71. The van der Waals surface area contributed by atoms with Crippen molar-refractivity contribution in [1.82, 2.24) is 9.78 Å². The summed E-state index contributed by atoms with van der Waals surface area (Å²) in [4.78, 5) is 24.3. The number of benzene rings is 3. The Labute approximate surface area is 219 Å². The summed E-state index contributed by atoms with van der Waals surface area (Å²) in [7, 11) is 1.02. The van der Waals surface area contributed by atoms with E-state index in [1.807, 2.05) is 0 Å². The first-order valence-corrected chi connectivity index (χ1v) is 13.1. The van der Waals surface area contributed by atoms with Gasteiger partial charge in [-0.1, -0.05) is 0 Å². The highest BCUT2D eigenvalue weighted by Crippen LogP contribution is 2.34. The van der Waals surface area contributed by atoms with Gasteiger partial charge >= 0.3 is 5.97 Å². The molecule has 0 aliphatic carbocycles. The van der Waals surface area contributed by atoms with Crippen molar-refractivity contribution in [3.05, 3.63) is 78.0 Å². The van der Waals surface area contributed by atoms with E-state index in [0.29, 0.717) is 40.3 Å². The molecular weight excluding hydrogens is 512 g/mol. The van der Waals surface area contributed by atoms with Crippen LogP contribution in [0.1, 0.15) is 20.8 Å². The molecule has 0 saturated heterocycles. The minimum atomic E-state index is -3.40. The highest BCUT2D eigenvalue weighted by Gasteiger charge is 2.21. The quantitative estimate of drug-likeness (QED) is 0.177. The molecular formula is C27H24N2O8S. The Kier molecular flexibility index (Phi) is 7.49. The number of nitrogens with zero attached hydrogens (tertiary/aromatic N) is 2. The first-order valence-electron chi connectivity index (χ1n) is 11.2. The number of ether oxygens (including phenoxy) is 4. The second-order valence-electron chi connectivity index (χ2n) is 8.08. The molecule has 0 unspecified atom stereocenters. The van der Waals surface area contributed by atoms with E-state index in [1.54, 1.807) is 36.4 Å². The number of rotatable bonds is 9. The number of hydrogen-bond donors (Lipinski definition) is 0. The average Bonchev–Trinajstić information content (AvgIpc) is 3.38. The molecule has 10 nitrogen and oxygen atoms in total. The lowest BCUT2D eigenvalue weighted by Crippen LogP contribution is -2.11. The monoisotopic (exact) mass is 536 g/mol. The molecule has 0 atom stereocenters. The molecule has 0 saturated carbocycles. The molecule has 1 heterocycles. The van der Waals surface area contributed by atoms with E-state index >= 15 is 0 Å². The van der Waals surface area contributed by atoms with E-state index in [0.717, 1.165) is 6.26 Å². The van der Waals surface area contributed by atoms with Gasteiger partial charge in [-0.15, -0.1) is 0 Å². The Hall–Kier alpha value is -4.64. The van der Waals surface area contributed by atoms with Crippen molar-refractivity contribution in [1.29, 1.82) is 0 Å². The Morgan fingerprint density at radius 2 is 1.45 bits per heavy atom. The summed E-state index contributed by atoms with van der Waals surface area (Å²) in [5.41, 5.74) is 2.00. The Bertz CT molecular complexity index is 1610. The zero-order chi connectivity index (χ0) is 27.4. The summed E-state index contributed by atoms with van der Waals surface area (Å²) in [6, 6.07) is 17.3. The van der Waals surface area contributed by atoms with Crippen LogP contribution in [0.15, 0.2) is 71.6 Å². The third-order valence-electron chi connectivity index (χ3n) is 5.63.